The number of rotatable bonds is 6. The molecule has 4 rings (SSSR count). The summed E-state index contributed by atoms with van der Waals surface area (Å²) in [7, 11) is 0. The lowest BCUT2D eigenvalue weighted by molar-refractivity contribution is 0.0915. The van der Waals surface area contributed by atoms with Gasteiger partial charge in [-0.15, -0.1) is 11.3 Å². The molecule has 0 aliphatic rings. The third kappa shape index (κ3) is 3.46. The van der Waals surface area contributed by atoms with Gasteiger partial charge in [-0.3, -0.25) is 4.79 Å². The Morgan fingerprint density at radius 2 is 1.82 bits per heavy atom. The Balaban J connectivity index is 1.59. The van der Waals surface area contributed by atoms with Gasteiger partial charge in [-0.1, -0.05) is 48.5 Å². The van der Waals surface area contributed by atoms with Crippen LogP contribution in [0.4, 0.5) is 0 Å². The Labute approximate surface area is 167 Å². The maximum Gasteiger partial charge on any atom is 0.255 e. The summed E-state index contributed by atoms with van der Waals surface area (Å²) in [6.07, 6.45) is -0.773. The highest BCUT2D eigenvalue weighted by Gasteiger charge is 2.19. The standard InChI is InChI=1S/C23H21NO3S/c1-2-27-20-12-11-15-7-3-4-8-16(15)22(20)23(26)24-13-19(25)18-14-28-21-10-6-5-9-17(18)21/h3-12,14,19,25H,2,13H2,1H3,(H,24,26). The third-order valence-electron chi connectivity index (χ3n) is 4.74. The van der Waals surface area contributed by atoms with Gasteiger partial charge in [-0.05, 0) is 40.6 Å². The topological polar surface area (TPSA) is 58.6 Å². The average Bonchev–Trinajstić information content (AvgIpc) is 3.16. The number of aliphatic hydroxyl groups excluding tert-OH is 1. The number of hydrogen-bond donors (Lipinski definition) is 2. The van der Waals surface area contributed by atoms with Crippen LogP contribution < -0.4 is 10.1 Å². The fourth-order valence-electron chi connectivity index (χ4n) is 3.41. The van der Waals surface area contributed by atoms with Crippen LogP contribution in [-0.2, 0) is 0 Å². The fourth-order valence-corrected chi connectivity index (χ4v) is 4.41. The molecular weight excluding hydrogens is 370 g/mol. The van der Waals surface area contributed by atoms with Gasteiger partial charge in [0.2, 0.25) is 0 Å². The van der Waals surface area contributed by atoms with Crippen molar-refractivity contribution < 1.29 is 14.6 Å². The first kappa shape index (κ1) is 18.5. The van der Waals surface area contributed by atoms with E-state index in [1.807, 2.05) is 73.0 Å². The molecule has 0 spiro atoms. The first-order chi connectivity index (χ1) is 13.7. The van der Waals surface area contributed by atoms with Crippen LogP contribution in [0, 0.1) is 0 Å². The zero-order valence-electron chi connectivity index (χ0n) is 15.5. The highest BCUT2D eigenvalue weighted by atomic mass is 32.1. The van der Waals surface area contributed by atoms with E-state index >= 15 is 0 Å². The zero-order chi connectivity index (χ0) is 19.5. The van der Waals surface area contributed by atoms with Crippen LogP contribution in [0.3, 0.4) is 0 Å². The molecule has 0 aliphatic heterocycles. The Kier molecular flexibility index (Phi) is 5.28. The van der Waals surface area contributed by atoms with Crippen molar-refractivity contribution in [2.75, 3.05) is 13.2 Å². The molecule has 1 aromatic heterocycles. The number of nitrogens with one attached hydrogen (secondary N) is 1. The molecule has 0 aliphatic carbocycles. The van der Waals surface area contributed by atoms with Gasteiger partial charge >= 0.3 is 0 Å². The quantitative estimate of drug-likeness (QED) is 0.491. The van der Waals surface area contributed by atoms with Gasteiger partial charge in [0.1, 0.15) is 5.75 Å². The molecule has 0 bridgehead atoms. The minimum absolute atomic E-state index is 0.133. The summed E-state index contributed by atoms with van der Waals surface area (Å²) in [6.45, 7) is 2.50. The number of fused-ring (bicyclic) bond motifs is 2. The average molecular weight is 391 g/mol. The van der Waals surface area contributed by atoms with Crippen LogP contribution in [0.25, 0.3) is 20.9 Å². The van der Waals surface area contributed by atoms with Gasteiger partial charge in [-0.25, -0.2) is 0 Å². The van der Waals surface area contributed by atoms with Gasteiger partial charge in [-0.2, -0.15) is 0 Å². The first-order valence-electron chi connectivity index (χ1n) is 9.26. The molecule has 5 heteroatoms. The number of hydrogen-bond acceptors (Lipinski definition) is 4. The second-order valence-corrected chi connectivity index (χ2v) is 7.42. The molecule has 0 fully saturated rings. The van der Waals surface area contributed by atoms with Gasteiger partial charge in [0.15, 0.2) is 0 Å². The Bertz CT molecular complexity index is 1140. The molecule has 0 saturated carbocycles. The smallest absolute Gasteiger partial charge is 0.255 e. The van der Waals surface area contributed by atoms with E-state index in [9.17, 15) is 9.90 Å². The summed E-state index contributed by atoms with van der Waals surface area (Å²) in [5.41, 5.74) is 1.34. The molecule has 28 heavy (non-hydrogen) atoms. The predicted molar refractivity (Wildman–Crippen MR) is 114 cm³/mol. The van der Waals surface area contributed by atoms with Gasteiger partial charge < -0.3 is 15.2 Å². The summed E-state index contributed by atoms with van der Waals surface area (Å²) in [6, 6.07) is 19.4. The maximum absolute atomic E-state index is 13.0. The summed E-state index contributed by atoms with van der Waals surface area (Å²) < 4.78 is 6.80. The lowest BCUT2D eigenvalue weighted by Crippen LogP contribution is -2.29. The Morgan fingerprint density at radius 3 is 2.64 bits per heavy atom. The van der Waals surface area contributed by atoms with E-state index < -0.39 is 6.10 Å². The van der Waals surface area contributed by atoms with Crippen LogP contribution >= 0.6 is 11.3 Å². The summed E-state index contributed by atoms with van der Waals surface area (Å²) in [4.78, 5) is 13.0. The van der Waals surface area contributed by atoms with Crippen molar-refractivity contribution in [2.45, 2.75) is 13.0 Å². The number of amides is 1. The van der Waals surface area contributed by atoms with Crippen molar-refractivity contribution in [2.24, 2.45) is 0 Å². The Morgan fingerprint density at radius 1 is 1.07 bits per heavy atom. The number of aliphatic hydroxyl groups is 1. The Hall–Kier alpha value is -2.89. The van der Waals surface area contributed by atoms with Crippen molar-refractivity contribution in [3.05, 3.63) is 77.2 Å². The summed E-state index contributed by atoms with van der Waals surface area (Å²) in [5.74, 6) is 0.299. The number of carbonyl (C=O) groups is 1. The second-order valence-electron chi connectivity index (χ2n) is 6.51. The van der Waals surface area contributed by atoms with E-state index in [0.717, 1.165) is 26.4 Å². The molecule has 4 aromatic rings. The molecule has 1 atom stereocenters. The van der Waals surface area contributed by atoms with E-state index in [0.29, 0.717) is 17.9 Å². The first-order valence-corrected chi connectivity index (χ1v) is 10.1. The van der Waals surface area contributed by atoms with Gasteiger partial charge in [0, 0.05) is 16.8 Å². The van der Waals surface area contributed by atoms with E-state index in [2.05, 4.69) is 5.32 Å². The molecule has 4 nitrogen and oxygen atoms in total. The molecule has 0 saturated heterocycles. The molecule has 1 heterocycles. The number of thiophene rings is 1. The maximum atomic E-state index is 13.0. The van der Waals surface area contributed by atoms with Crippen LogP contribution in [0.2, 0.25) is 0 Å². The molecular formula is C23H21NO3S. The largest absolute Gasteiger partial charge is 0.493 e. The van der Waals surface area contributed by atoms with Crippen molar-refractivity contribution in [3.8, 4) is 5.75 Å². The minimum atomic E-state index is -0.773. The van der Waals surface area contributed by atoms with E-state index in [1.165, 1.54) is 0 Å². The van der Waals surface area contributed by atoms with Crippen LogP contribution in [-0.4, -0.2) is 24.2 Å². The van der Waals surface area contributed by atoms with Crippen LogP contribution in [0.1, 0.15) is 28.9 Å². The van der Waals surface area contributed by atoms with Crippen LogP contribution in [0.15, 0.2) is 66.0 Å². The van der Waals surface area contributed by atoms with Gasteiger partial charge in [0.05, 0.1) is 18.3 Å². The van der Waals surface area contributed by atoms with Crippen molar-refractivity contribution in [1.29, 1.82) is 0 Å². The van der Waals surface area contributed by atoms with Crippen molar-refractivity contribution >= 4 is 38.1 Å². The van der Waals surface area contributed by atoms with E-state index in [1.54, 1.807) is 11.3 Å². The molecule has 142 valence electrons. The third-order valence-corrected chi connectivity index (χ3v) is 5.73. The zero-order valence-corrected chi connectivity index (χ0v) is 16.3. The van der Waals surface area contributed by atoms with Crippen molar-refractivity contribution in [1.82, 2.24) is 5.32 Å². The monoisotopic (exact) mass is 391 g/mol. The lowest BCUT2D eigenvalue weighted by atomic mass is 10.0. The SMILES string of the molecule is CCOc1ccc2ccccc2c1C(=O)NCC(O)c1csc2ccccc12. The number of benzene rings is 3. The molecule has 1 unspecified atom stereocenters. The number of ether oxygens (including phenoxy) is 1. The van der Waals surface area contributed by atoms with E-state index in [4.69, 9.17) is 4.74 Å². The van der Waals surface area contributed by atoms with Crippen molar-refractivity contribution in [3.63, 3.8) is 0 Å². The summed E-state index contributed by atoms with van der Waals surface area (Å²) >= 11 is 1.59. The highest BCUT2D eigenvalue weighted by molar-refractivity contribution is 7.17. The lowest BCUT2D eigenvalue weighted by Gasteiger charge is -2.15. The highest BCUT2D eigenvalue weighted by Crippen LogP contribution is 2.31. The normalized spacial score (nSPS) is 12.2. The minimum Gasteiger partial charge on any atom is -0.493 e. The second kappa shape index (κ2) is 8.00. The predicted octanol–water partition coefficient (Wildman–Crippen LogP) is 4.92. The summed E-state index contributed by atoms with van der Waals surface area (Å²) in [5, 5.41) is 18.3. The number of carbonyl (C=O) groups excluding carboxylic acids is 1. The molecule has 2 N–H and O–H groups in total. The van der Waals surface area contributed by atoms with E-state index in [-0.39, 0.29) is 12.5 Å². The molecule has 1 amide bonds. The van der Waals surface area contributed by atoms with Crippen LogP contribution in [0.5, 0.6) is 5.75 Å². The fraction of sp³-hybridized carbons (Fsp3) is 0.174. The molecule has 3 aromatic carbocycles. The molecule has 0 radical (unpaired) electrons. The van der Waals surface area contributed by atoms with Gasteiger partial charge in [0.25, 0.3) is 5.91 Å².